The van der Waals surface area contributed by atoms with Crippen LogP contribution in [0, 0.1) is 6.92 Å². The Kier molecular flexibility index (Phi) is 5.35. The van der Waals surface area contributed by atoms with Crippen LogP contribution in [0.1, 0.15) is 22.7 Å². The van der Waals surface area contributed by atoms with Crippen molar-refractivity contribution in [2.75, 3.05) is 13.1 Å². The van der Waals surface area contributed by atoms with E-state index in [4.69, 9.17) is 5.73 Å². The fourth-order valence-corrected chi connectivity index (χ4v) is 2.37. The van der Waals surface area contributed by atoms with Crippen molar-refractivity contribution in [1.82, 2.24) is 10.6 Å². The van der Waals surface area contributed by atoms with Crippen LogP contribution in [0.5, 0.6) is 0 Å². The van der Waals surface area contributed by atoms with Gasteiger partial charge in [-0.1, -0.05) is 54.6 Å². The van der Waals surface area contributed by atoms with E-state index in [1.807, 2.05) is 30.3 Å². The van der Waals surface area contributed by atoms with Crippen LogP contribution >= 0.6 is 0 Å². The Balaban J connectivity index is 2.16. The molecule has 0 bridgehead atoms. The number of carbonyl (C=O) groups excluding carboxylic acids is 1. The molecule has 0 fully saturated rings. The van der Waals surface area contributed by atoms with Gasteiger partial charge in [-0.15, -0.1) is 0 Å². The highest BCUT2D eigenvalue weighted by molar-refractivity contribution is 5.71. The first kappa shape index (κ1) is 15.1. The van der Waals surface area contributed by atoms with Gasteiger partial charge in [-0.2, -0.15) is 0 Å². The third-order valence-corrected chi connectivity index (χ3v) is 3.41. The number of nitrogens with one attached hydrogen (secondary N) is 2. The Morgan fingerprint density at radius 1 is 1.05 bits per heavy atom. The molecule has 0 aliphatic heterocycles. The minimum atomic E-state index is -0.496. The topological polar surface area (TPSA) is 67.2 Å². The van der Waals surface area contributed by atoms with Crippen LogP contribution in [0.2, 0.25) is 0 Å². The van der Waals surface area contributed by atoms with E-state index in [2.05, 4.69) is 41.8 Å². The second-order valence-electron chi connectivity index (χ2n) is 4.95. The Hall–Kier alpha value is -2.33. The molecule has 0 spiro atoms. The molecule has 110 valence electrons. The summed E-state index contributed by atoms with van der Waals surface area (Å²) in [5.41, 5.74) is 8.75. The first-order valence-corrected chi connectivity index (χ1v) is 7.05. The van der Waals surface area contributed by atoms with Crippen molar-refractivity contribution in [2.45, 2.75) is 13.0 Å². The minimum Gasteiger partial charge on any atom is -0.352 e. The predicted molar refractivity (Wildman–Crippen MR) is 85.1 cm³/mol. The molecular formula is C17H21N3O. The molecule has 4 N–H and O–H groups in total. The van der Waals surface area contributed by atoms with E-state index in [0.717, 1.165) is 0 Å². The zero-order chi connectivity index (χ0) is 15.1. The molecule has 0 heterocycles. The number of rotatable bonds is 6. The molecule has 4 nitrogen and oxygen atoms in total. The van der Waals surface area contributed by atoms with E-state index in [1.165, 1.54) is 16.7 Å². The lowest BCUT2D eigenvalue weighted by atomic mass is 9.95. The number of carbonyl (C=O) groups is 1. The number of hydrogen-bond acceptors (Lipinski definition) is 2. The van der Waals surface area contributed by atoms with Crippen LogP contribution in [0.3, 0.4) is 0 Å². The number of primary amides is 1. The Bertz CT molecular complexity index is 584. The lowest BCUT2D eigenvalue weighted by Gasteiger charge is -2.21. The molecule has 0 saturated carbocycles. The predicted octanol–water partition coefficient (Wildman–Crippen LogP) is 2.34. The summed E-state index contributed by atoms with van der Waals surface area (Å²) in [6, 6.07) is 18.2. The fourth-order valence-electron chi connectivity index (χ4n) is 2.37. The fraction of sp³-hybridized carbons (Fsp3) is 0.235. The van der Waals surface area contributed by atoms with E-state index in [9.17, 15) is 4.79 Å². The molecule has 1 unspecified atom stereocenters. The van der Waals surface area contributed by atoms with Crippen LogP contribution in [0.4, 0.5) is 4.79 Å². The third kappa shape index (κ3) is 4.33. The van der Waals surface area contributed by atoms with Crippen LogP contribution < -0.4 is 16.4 Å². The SMILES string of the molecule is Cc1ccccc1C(NCCNC(N)=O)c1ccccc1. The zero-order valence-electron chi connectivity index (χ0n) is 12.2. The summed E-state index contributed by atoms with van der Waals surface area (Å²) in [7, 11) is 0. The lowest BCUT2D eigenvalue weighted by Crippen LogP contribution is -2.36. The maximum Gasteiger partial charge on any atom is 0.312 e. The van der Waals surface area contributed by atoms with Crippen molar-refractivity contribution in [2.24, 2.45) is 5.73 Å². The van der Waals surface area contributed by atoms with Gasteiger partial charge in [0, 0.05) is 13.1 Å². The highest BCUT2D eigenvalue weighted by atomic mass is 16.2. The third-order valence-electron chi connectivity index (χ3n) is 3.41. The number of nitrogens with two attached hydrogens (primary N) is 1. The van der Waals surface area contributed by atoms with E-state index in [1.54, 1.807) is 0 Å². The summed E-state index contributed by atoms with van der Waals surface area (Å²) >= 11 is 0. The lowest BCUT2D eigenvalue weighted by molar-refractivity contribution is 0.249. The number of urea groups is 1. The summed E-state index contributed by atoms with van der Waals surface area (Å²) < 4.78 is 0. The van der Waals surface area contributed by atoms with E-state index in [-0.39, 0.29) is 6.04 Å². The summed E-state index contributed by atoms with van der Waals surface area (Å²) in [5, 5.41) is 6.07. The van der Waals surface area contributed by atoms with Gasteiger partial charge >= 0.3 is 6.03 Å². The second kappa shape index (κ2) is 7.45. The normalized spacial score (nSPS) is 11.9. The van der Waals surface area contributed by atoms with Crippen LogP contribution in [0.25, 0.3) is 0 Å². The molecular weight excluding hydrogens is 262 g/mol. The van der Waals surface area contributed by atoms with Gasteiger partial charge in [-0.25, -0.2) is 4.79 Å². The minimum absolute atomic E-state index is 0.0991. The van der Waals surface area contributed by atoms with Crippen molar-refractivity contribution in [3.63, 3.8) is 0 Å². The Morgan fingerprint density at radius 2 is 1.71 bits per heavy atom. The molecule has 2 amide bonds. The second-order valence-corrected chi connectivity index (χ2v) is 4.95. The molecule has 0 aromatic heterocycles. The standard InChI is InChI=1S/C17H21N3O/c1-13-7-5-6-10-15(13)16(14-8-3-2-4-9-14)19-11-12-20-17(18)21/h2-10,16,19H,11-12H2,1H3,(H3,18,20,21). The molecule has 2 aromatic rings. The van der Waals surface area contributed by atoms with Gasteiger partial charge in [0.25, 0.3) is 0 Å². The number of benzene rings is 2. The quantitative estimate of drug-likeness (QED) is 0.712. The van der Waals surface area contributed by atoms with E-state index >= 15 is 0 Å². The molecule has 0 saturated heterocycles. The van der Waals surface area contributed by atoms with Crippen molar-refractivity contribution in [1.29, 1.82) is 0 Å². The molecule has 0 aliphatic carbocycles. The maximum atomic E-state index is 10.7. The summed E-state index contributed by atoms with van der Waals surface area (Å²) in [6.45, 7) is 3.26. The Morgan fingerprint density at radius 3 is 2.38 bits per heavy atom. The van der Waals surface area contributed by atoms with Crippen molar-refractivity contribution in [3.8, 4) is 0 Å². The molecule has 2 aromatic carbocycles. The molecule has 4 heteroatoms. The maximum absolute atomic E-state index is 10.7. The van der Waals surface area contributed by atoms with Gasteiger partial charge in [0.2, 0.25) is 0 Å². The number of hydrogen-bond donors (Lipinski definition) is 3. The highest BCUT2D eigenvalue weighted by Gasteiger charge is 2.14. The molecule has 0 radical (unpaired) electrons. The van der Waals surface area contributed by atoms with Crippen molar-refractivity contribution in [3.05, 3.63) is 71.3 Å². The number of amides is 2. The monoisotopic (exact) mass is 283 g/mol. The molecule has 1 atom stereocenters. The summed E-state index contributed by atoms with van der Waals surface area (Å²) in [5.74, 6) is 0. The van der Waals surface area contributed by atoms with Crippen LogP contribution in [-0.4, -0.2) is 19.1 Å². The van der Waals surface area contributed by atoms with Crippen molar-refractivity contribution >= 4 is 6.03 Å². The molecule has 21 heavy (non-hydrogen) atoms. The average molecular weight is 283 g/mol. The van der Waals surface area contributed by atoms with Gasteiger partial charge in [-0.3, -0.25) is 0 Å². The van der Waals surface area contributed by atoms with Gasteiger partial charge < -0.3 is 16.4 Å². The Labute approximate surface area is 125 Å². The first-order chi connectivity index (χ1) is 10.2. The zero-order valence-corrected chi connectivity index (χ0v) is 12.2. The smallest absolute Gasteiger partial charge is 0.312 e. The summed E-state index contributed by atoms with van der Waals surface area (Å²) in [6.07, 6.45) is 0. The molecule has 2 rings (SSSR count). The van der Waals surface area contributed by atoms with Gasteiger partial charge in [-0.05, 0) is 23.6 Å². The van der Waals surface area contributed by atoms with Crippen LogP contribution in [0.15, 0.2) is 54.6 Å². The first-order valence-electron chi connectivity index (χ1n) is 7.05. The summed E-state index contributed by atoms with van der Waals surface area (Å²) in [4.78, 5) is 10.7. The van der Waals surface area contributed by atoms with E-state index in [0.29, 0.717) is 13.1 Å². The van der Waals surface area contributed by atoms with Gasteiger partial charge in [0.05, 0.1) is 6.04 Å². The number of aryl methyl sites for hydroxylation is 1. The van der Waals surface area contributed by atoms with Gasteiger partial charge in [0.15, 0.2) is 0 Å². The van der Waals surface area contributed by atoms with Crippen LogP contribution in [-0.2, 0) is 0 Å². The van der Waals surface area contributed by atoms with E-state index < -0.39 is 6.03 Å². The average Bonchev–Trinajstić information content (AvgIpc) is 2.49. The van der Waals surface area contributed by atoms with Gasteiger partial charge in [0.1, 0.15) is 0 Å². The highest BCUT2D eigenvalue weighted by Crippen LogP contribution is 2.24. The molecule has 0 aliphatic rings. The largest absolute Gasteiger partial charge is 0.352 e. The van der Waals surface area contributed by atoms with Crippen molar-refractivity contribution < 1.29 is 4.79 Å².